The maximum Gasteiger partial charge on any atom is 0.259 e. The molecular weight excluding hydrogens is 353 g/mol. The van der Waals surface area contributed by atoms with Gasteiger partial charge in [-0.2, -0.15) is 0 Å². The molecule has 0 spiro atoms. The minimum atomic E-state index is -1.61. The van der Waals surface area contributed by atoms with Gasteiger partial charge in [-0.1, -0.05) is 0 Å². The van der Waals surface area contributed by atoms with Crippen molar-refractivity contribution in [2.45, 2.75) is 0 Å². The molecule has 9 heteroatoms. The first-order valence-corrected chi connectivity index (χ1v) is 6.29. The van der Waals surface area contributed by atoms with E-state index in [1.54, 1.807) is 0 Å². The van der Waals surface area contributed by atoms with Crippen LogP contribution in [0, 0.1) is 17.5 Å². The van der Waals surface area contributed by atoms with Crippen molar-refractivity contribution >= 4 is 33.3 Å². The number of aromatic nitrogens is 1. The molecule has 0 aliphatic heterocycles. The summed E-state index contributed by atoms with van der Waals surface area (Å²) in [4.78, 5) is 15.9. The van der Waals surface area contributed by atoms with E-state index in [-0.39, 0.29) is 17.1 Å². The standard InChI is InChI=1S/C12H8BrF3N4O/c13-5-1-7(11(20-17)18-4-5)12(21)19-6-2-8(14)10(16)9(15)3-6/h1-4H,17H2,(H,18,20)(H,19,21). The van der Waals surface area contributed by atoms with E-state index < -0.39 is 23.4 Å². The zero-order chi connectivity index (χ0) is 15.6. The number of hydrazine groups is 1. The second-order valence-corrected chi connectivity index (χ2v) is 4.82. The number of rotatable bonds is 3. The van der Waals surface area contributed by atoms with Crippen LogP contribution in [0.3, 0.4) is 0 Å². The number of carbonyl (C=O) groups excluding carboxylic acids is 1. The summed E-state index contributed by atoms with van der Waals surface area (Å²) in [6.45, 7) is 0. The fraction of sp³-hybridized carbons (Fsp3) is 0. The fourth-order valence-corrected chi connectivity index (χ4v) is 1.88. The first-order valence-electron chi connectivity index (χ1n) is 5.50. The van der Waals surface area contributed by atoms with Gasteiger partial charge in [0.25, 0.3) is 5.91 Å². The Hall–Kier alpha value is -2.13. The summed E-state index contributed by atoms with van der Waals surface area (Å²) in [6, 6.07) is 2.74. The summed E-state index contributed by atoms with van der Waals surface area (Å²) >= 11 is 3.13. The highest BCUT2D eigenvalue weighted by Crippen LogP contribution is 2.21. The van der Waals surface area contributed by atoms with E-state index in [9.17, 15) is 18.0 Å². The van der Waals surface area contributed by atoms with Gasteiger partial charge in [-0.25, -0.2) is 24.0 Å². The molecular formula is C12H8BrF3N4O. The van der Waals surface area contributed by atoms with Crippen LogP contribution in [0.25, 0.3) is 0 Å². The molecule has 5 nitrogen and oxygen atoms in total. The van der Waals surface area contributed by atoms with Gasteiger partial charge in [0.1, 0.15) is 0 Å². The average molecular weight is 361 g/mol. The number of hydrogen-bond acceptors (Lipinski definition) is 4. The molecule has 0 aliphatic carbocycles. The van der Waals surface area contributed by atoms with Crippen LogP contribution in [0.2, 0.25) is 0 Å². The van der Waals surface area contributed by atoms with Gasteiger partial charge in [0.15, 0.2) is 23.3 Å². The van der Waals surface area contributed by atoms with Crippen molar-refractivity contribution in [2.24, 2.45) is 5.84 Å². The molecule has 21 heavy (non-hydrogen) atoms. The van der Waals surface area contributed by atoms with Crippen LogP contribution in [0.4, 0.5) is 24.7 Å². The smallest absolute Gasteiger partial charge is 0.259 e. The lowest BCUT2D eigenvalue weighted by Gasteiger charge is -2.10. The van der Waals surface area contributed by atoms with Crippen molar-refractivity contribution in [3.8, 4) is 0 Å². The van der Waals surface area contributed by atoms with Gasteiger partial charge in [-0.15, -0.1) is 0 Å². The lowest BCUT2D eigenvalue weighted by atomic mass is 10.2. The Balaban J connectivity index is 2.32. The third-order valence-corrected chi connectivity index (χ3v) is 2.91. The van der Waals surface area contributed by atoms with Crippen molar-refractivity contribution in [3.05, 3.63) is 51.9 Å². The van der Waals surface area contributed by atoms with Crippen LogP contribution in [-0.2, 0) is 0 Å². The first-order chi connectivity index (χ1) is 9.92. The summed E-state index contributed by atoms with van der Waals surface area (Å²) in [7, 11) is 0. The Kier molecular flexibility index (Phi) is 4.43. The molecule has 1 aromatic carbocycles. The molecule has 2 rings (SSSR count). The Bertz CT molecular complexity index is 688. The molecule has 0 saturated heterocycles. The average Bonchev–Trinajstić information content (AvgIpc) is 2.44. The van der Waals surface area contributed by atoms with Crippen molar-refractivity contribution in [3.63, 3.8) is 0 Å². The molecule has 1 heterocycles. The molecule has 0 bridgehead atoms. The van der Waals surface area contributed by atoms with Crippen molar-refractivity contribution in [1.29, 1.82) is 0 Å². The van der Waals surface area contributed by atoms with E-state index in [1.807, 2.05) is 0 Å². The third kappa shape index (κ3) is 3.31. The molecule has 0 atom stereocenters. The quantitative estimate of drug-likeness (QED) is 0.446. The second kappa shape index (κ2) is 6.10. The minimum absolute atomic E-state index is 0.0389. The summed E-state index contributed by atoms with van der Waals surface area (Å²) in [5.41, 5.74) is 2.02. The van der Waals surface area contributed by atoms with Crippen molar-refractivity contribution in [2.75, 3.05) is 10.7 Å². The molecule has 0 unspecified atom stereocenters. The number of nitrogen functional groups attached to an aromatic ring is 1. The number of nitrogens with zero attached hydrogens (tertiary/aromatic N) is 1. The molecule has 110 valence electrons. The number of benzene rings is 1. The molecule has 1 amide bonds. The SMILES string of the molecule is NNc1ncc(Br)cc1C(=O)Nc1cc(F)c(F)c(F)c1. The monoisotopic (exact) mass is 360 g/mol. The molecule has 0 fully saturated rings. The Morgan fingerprint density at radius 2 is 1.81 bits per heavy atom. The molecule has 0 saturated carbocycles. The van der Waals surface area contributed by atoms with Gasteiger partial charge in [-0.05, 0) is 22.0 Å². The molecule has 4 N–H and O–H groups in total. The number of halogens is 4. The van der Waals surface area contributed by atoms with Gasteiger partial charge in [-0.3, -0.25) is 4.79 Å². The third-order valence-electron chi connectivity index (χ3n) is 2.48. The van der Waals surface area contributed by atoms with E-state index in [0.29, 0.717) is 16.6 Å². The van der Waals surface area contributed by atoms with E-state index in [1.165, 1.54) is 12.3 Å². The highest BCUT2D eigenvalue weighted by Gasteiger charge is 2.16. The van der Waals surface area contributed by atoms with Gasteiger partial charge >= 0.3 is 0 Å². The van der Waals surface area contributed by atoms with Crippen LogP contribution in [0.15, 0.2) is 28.9 Å². The number of pyridine rings is 1. The van der Waals surface area contributed by atoms with E-state index in [0.717, 1.165) is 0 Å². The topological polar surface area (TPSA) is 80.0 Å². The molecule has 2 aromatic rings. The molecule has 0 aliphatic rings. The van der Waals surface area contributed by atoms with Crippen LogP contribution in [0.5, 0.6) is 0 Å². The lowest BCUT2D eigenvalue weighted by molar-refractivity contribution is 0.102. The van der Waals surface area contributed by atoms with Crippen LogP contribution >= 0.6 is 15.9 Å². The van der Waals surface area contributed by atoms with Crippen molar-refractivity contribution in [1.82, 2.24) is 4.98 Å². The fourth-order valence-electron chi connectivity index (χ4n) is 1.55. The van der Waals surface area contributed by atoms with Crippen molar-refractivity contribution < 1.29 is 18.0 Å². The first kappa shape index (κ1) is 15.3. The maximum absolute atomic E-state index is 13.1. The van der Waals surface area contributed by atoms with Gasteiger partial charge in [0.2, 0.25) is 0 Å². The summed E-state index contributed by atoms with van der Waals surface area (Å²) in [6.07, 6.45) is 1.41. The molecule has 0 radical (unpaired) electrons. The van der Waals surface area contributed by atoms with E-state index >= 15 is 0 Å². The van der Waals surface area contributed by atoms with Crippen LogP contribution in [0.1, 0.15) is 10.4 Å². The predicted octanol–water partition coefficient (Wildman–Crippen LogP) is 2.80. The summed E-state index contributed by atoms with van der Waals surface area (Å²) in [5.74, 6) is 0.146. The van der Waals surface area contributed by atoms with Gasteiger partial charge < -0.3 is 10.7 Å². The van der Waals surface area contributed by atoms with Gasteiger partial charge in [0, 0.05) is 28.5 Å². The van der Waals surface area contributed by atoms with E-state index in [2.05, 4.69) is 31.7 Å². The molecule has 1 aromatic heterocycles. The zero-order valence-corrected chi connectivity index (χ0v) is 11.8. The number of carbonyl (C=O) groups is 1. The minimum Gasteiger partial charge on any atom is -0.322 e. The number of nitrogens with two attached hydrogens (primary N) is 1. The number of anilines is 2. The Morgan fingerprint density at radius 3 is 2.38 bits per heavy atom. The summed E-state index contributed by atoms with van der Waals surface area (Å²) in [5, 5.41) is 2.23. The normalized spacial score (nSPS) is 10.3. The second-order valence-electron chi connectivity index (χ2n) is 3.90. The largest absolute Gasteiger partial charge is 0.322 e. The van der Waals surface area contributed by atoms with E-state index in [4.69, 9.17) is 5.84 Å². The van der Waals surface area contributed by atoms with Gasteiger partial charge in [0.05, 0.1) is 5.56 Å². The number of hydrogen-bond donors (Lipinski definition) is 3. The van der Waals surface area contributed by atoms with Crippen LogP contribution in [-0.4, -0.2) is 10.9 Å². The Labute approximate surface area is 125 Å². The Morgan fingerprint density at radius 1 is 1.19 bits per heavy atom. The van der Waals surface area contributed by atoms with Crippen LogP contribution < -0.4 is 16.6 Å². The number of nitrogens with one attached hydrogen (secondary N) is 2. The zero-order valence-electron chi connectivity index (χ0n) is 10.3. The maximum atomic E-state index is 13.1. The lowest BCUT2D eigenvalue weighted by Crippen LogP contribution is -2.18. The highest BCUT2D eigenvalue weighted by atomic mass is 79.9. The highest BCUT2D eigenvalue weighted by molar-refractivity contribution is 9.10. The summed E-state index contributed by atoms with van der Waals surface area (Å²) < 4.78 is 39.5. The predicted molar refractivity (Wildman–Crippen MR) is 74.0 cm³/mol. The number of amides is 1.